The van der Waals surface area contributed by atoms with Gasteiger partial charge in [0.2, 0.25) is 0 Å². The number of hydrogen-bond donors (Lipinski definition) is 1. The monoisotopic (exact) mass is 218 g/mol. The maximum absolute atomic E-state index is 10.2. The first-order valence-electron chi connectivity index (χ1n) is 3.19. The Hall–Kier alpha value is -1.13. The number of aromatic nitrogens is 2. The van der Waals surface area contributed by atoms with Crippen molar-refractivity contribution in [2.45, 2.75) is 0 Å². The highest BCUT2D eigenvalue weighted by Crippen LogP contribution is 2.16. The van der Waals surface area contributed by atoms with Gasteiger partial charge >= 0.3 is 5.97 Å². The molecule has 1 rings (SSSR count). The Kier molecular flexibility index (Phi) is 3.22. The summed E-state index contributed by atoms with van der Waals surface area (Å²) in [5.74, 6) is -1.07. The number of nitrogens with zero attached hydrogens (tertiary/aromatic N) is 2. The highest BCUT2D eigenvalue weighted by molar-refractivity contribution is 6.32. The number of rotatable bonds is 2. The molecule has 1 heterocycles. The standard InChI is InChI=1S/C7H4Cl2N2O2/c8-5-3-4(1-2-6(12)13)7(9)11-10-5/h1-3H,(H,12,13)/b2-1+. The van der Waals surface area contributed by atoms with Gasteiger partial charge in [-0.05, 0) is 12.1 Å². The summed E-state index contributed by atoms with van der Waals surface area (Å²) in [6, 6.07) is 1.43. The molecule has 0 amide bonds. The lowest BCUT2D eigenvalue weighted by Crippen LogP contribution is -1.89. The average Bonchev–Trinajstić information content (AvgIpc) is 2.06. The fourth-order valence-corrected chi connectivity index (χ4v) is 0.955. The second kappa shape index (κ2) is 4.20. The van der Waals surface area contributed by atoms with Crippen molar-refractivity contribution in [2.75, 3.05) is 0 Å². The summed E-state index contributed by atoms with van der Waals surface area (Å²) in [4.78, 5) is 10.2. The van der Waals surface area contributed by atoms with Crippen LogP contribution in [0.15, 0.2) is 12.1 Å². The normalized spacial score (nSPS) is 10.6. The van der Waals surface area contributed by atoms with Crippen LogP contribution in [0.3, 0.4) is 0 Å². The largest absolute Gasteiger partial charge is 0.478 e. The Bertz CT molecular complexity index is 366. The fourth-order valence-electron chi connectivity index (χ4n) is 0.644. The first-order chi connectivity index (χ1) is 6.09. The molecule has 0 aliphatic heterocycles. The van der Waals surface area contributed by atoms with Crippen LogP contribution in [0.25, 0.3) is 6.08 Å². The van der Waals surface area contributed by atoms with Gasteiger partial charge in [-0.15, -0.1) is 10.2 Å². The highest BCUT2D eigenvalue weighted by Gasteiger charge is 2.00. The van der Waals surface area contributed by atoms with E-state index >= 15 is 0 Å². The molecule has 0 radical (unpaired) electrons. The van der Waals surface area contributed by atoms with Crippen molar-refractivity contribution in [3.8, 4) is 0 Å². The van der Waals surface area contributed by atoms with Gasteiger partial charge < -0.3 is 5.11 Å². The van der Waals surface area contributed by atoms with Gasteiger partial charge in [-0.25, -0.2) is 4.79 Å². The molecule has 0 aliphatic carbocycles. The average molecular weight is 219 g/mol. The number of hydrogen-bond acceptors (Lipinski definition) is 3. The second-order valence-electron chi connectivity index (χ2n) is 2.08. The van der Waals surface area contributed by atoms with Crippen LogP contribution in [-0.4, -0.2) is 21.3 Å². The lowest BCUT2D eigenvalue weighted by atomic mass is 10.3. The summed E-state index contributed by atoms with van der Waals surface area (Å²) in [6.45, 7) is 0. The third-order valence-electron chi connectivity index (χ3n) is 1.15. The number of carbonyl (C=O) groups is 1. The molecule has 1 aromatic rings. The molecule has 13 heavy (non-hydrogen) atoms. The first kappa shape index (κ1) is 9.95. The molecule has 0 atom stereocenters. The minimum absolute atomic E-state index is 0.113. The van der Waals surface area contributed by atoms with Gasteiger partial charge in [0.25, 0.3) is 0 Å². The van der Waals surface area contributed by atoms with Crippen molar-refractivity contribution in [3.05, 3.63) is 28.0 Å². The van der Waals surface area contributed by atoms with E-state index < -0.39 is 5.97 Å². The number of aliphatic carboxylic acids is 1. The van der Waals surface area contributed by atoms with Crippen molar-refractivity contribution in [3.63, 3.8) is 0 Å². The molecule has 0 unspecified atom stereocenters. The third-order valence-corrected chi connectivity index (χ3v) is 1.63. The van der Waals surface area contributed by atoms with Crippen molar-refractivity contribution in [2.24, 2.45) is 0 Å². The molecule has 0 fully saturated rings. The molecule has 1 aromatic heterocycles. The van der Waals surface area contributed by atoms with Gasteiger partial charge in [0.15, 0.2) is 10.3 Å². The molecule has 0 saturated carbocycles. The van der Waals surface area contributed by atoms with Crippen molar-refractivity contribution >= 4 is 35.2 Å². The molecule has 4 nitrogen and oxygen atoms in total. The summed E-state index contributed by atoms with van der Waals surface area (Å²) in [7, 11) is 0. The maximum atomic E-state index is 10.2. The van der Waals surface area contributed by atoms with Crippen molar-refractivity contribution < 1.29 is 9.90 Å². The Morgan fingerprint density at radius 2 is 2.15 bits per heavy atom. The third kappa shape index (κ3) is 3.01. The zero-order chi connectivity index (χ0) is 9.84. The molecule has 68 valence electrons. The van der Waals surface area contributed by atoms with Gasteiger partial charge in [-0.3, -0.25) is 0 Å². The number of carboxylic acid groups (broad SMARTS) is 1. The van der Waals surface area contributed by atoms with Crippen LogP contribution in [-0.2, 0) is 4.79 Å². The van der Waals surface area contributed by atoms with Crippen LogP contribution in [0.2, 0.25) is 10.3 Å². The van der Waals surface area contributed by atoms with E-state index in [0.717, 1.165) is 6.08 Å². The highest BCUT2D eigenvalue weighted by atomic mass is 35.5. The lowest BCUT2D eigenvalue weighted by molar-refractivity contribution is -0.131. The molecule has 6 heteroatoms. The Labute approximate surface area is 83.8 Å². The molecule has 0 bridgehead atoms. The Morgan fingerprint density at radius 1 is 1.46 bits per heavy atom. The summed E-state index contributed by atoms with van der Waals surface area (Å²) < 4.78 is 0. The van der Waals surface area contributed by atoms with Gasteiger partial charge in [0.1, 0.15) is 0 Å². The number of carboxylic acids is 1. The van der Waals surface area contributed by atoms with E-state index in [-0.39, 0.29) is 10.3 Å². The van der Waals surface area contributed by atoms with Crippen LogP contribution >= 0.6 is 23.2 Å². The summed E-state index contributed by atoms with van der Waals surface area (Å²) in [5, 5.41) is 15.6. The van der Waals surface area contributed by atoms with Gasteiger partial charge in [-0.1, -0.05) is 23.2 Å². The van der Waals surface area contributed by atoms with E-state index in [0.29, 0.717) is 5.56 Å². The topological polar surface area (TPSA) is 63.1 Å². The van der Waals surface area contributed by atoms with Crippen LogP contribution < -0.4 is 0 Å². The molecule has 0 aliphatic rings. The molecule has 0 spiro atoms. The predicted molar refractivity (Wildman–Crippen MR) is 48.7 cm³/mol. The van der Waals surface area contributed by atoms with E-state index in [1.54, 1.807) is 0 Å². The minimum atomic E-state index is -1.07. The van der Waals surface area contributed by atoms with Crippen molar-refractivity contribution in [1.29, 1.82) is 0 Å². The number of halogens is 2. The maximum Gasteiger partial charge on any atom is 0.328 e. The Morgan fingerprint density at radius 3 is 2.77 bits per heavy atom. The molecular weight excluding hydrogens is 215 g/mol. The molecule has 0 aromatic carbocycles. The van der Waals surface area contributed by atoms with E-state index in [1.165, 1.54) is 12.1 Å². The fraction of sp³-hybridized carbons (Fsp3) is 0. The van der Waals surface area contributed by atoms with Crippen LogP contribution in [0, 0.1) is 0 Å². The van der Waals surface area contributed by atoms with Crippen LogP contribution in [0.5, 0.6) is 0 Å². The van der Waals surface area contributed by atoms with E-state index in [2.05, 4.69) is 10.2 Å². The molecule has 0 saturated heterocycles. The van der Waals surface area contributed by atoms with Crippen molar-refractivity contribution in [1.82, 2.24) is 10.2 Å². The zero-order valence-corrected chi connectivity index (χ0v) is 7.75. The van der Waals surface area contributed by atoms with E-state index in [9.17, 15) is 4.79 Å². The summed E-state index contributed by atoms with van der Waals surface area (Å²) in [6.07, 6.45) is 2.24. The predicted octanol–water partition coefficient (Wildman–Crippen LogP) is 1.88. The smallest absolute Gasteiger partial charge is 0.328 e. The summed E-state index contributed by atoms with van der Waals surface area (Å²) in [5.41, 5.74) is 0.420. The van der Waals surface area contributed by atoms with E-state index in [4.69, 9.17) is 28.3 Å². The van der Waals surface area contributed by atoms with Crippen LogP contribution in [0.1, 0.15) is 5.56 Å². The SMILES string of the molecule is O=C(O)/C=C/c1cc(Cl)nnc1Cl. The van der Waals surface area contributed by atoms with Crippen LogP contribution in [0.4, 0.5) is 0 Å². The molecule has 1 N–H and O–H groups in total. The van der Waals surface area contributed by atoms with E-state index in [1.807, 2.05) is 0 Å². The lowest BCUT2D eigenvalue weighted by Gasteiger charge is -1.94. The quantitative estimate of drug-likeness (QED) is 0.771. The van der Waals surface area contributed by atoms with Gasteiger partial charge in [0, 0.05) is 11.6 Å². The first-order valence-corrected chi connectivity index (χ1v) is 3.95. The Balaban J connectivity index is 3.00. The van der Waals surface area contributed by atoms with Gasteiger partial charge in [-0.2, -0.15) is 0 Å². The minimum Gasteiger partial charge on any atom is -0.478 e. The summed E-state index contributed by atoms with van der Waals surface area (Å²) >= 11 is 11.1. The zero-order valence-electron chi connectivity index (χ0n) is 6.24. The second-order valence-corrected chi connectivity index (χ2v) is 2.83. The molecular formula is C7H4Cl2N2O2. The van der Waals surface area contributed by atoms with Gasteiger partial charge in [0.05, 0.1) is 0 Å².